The first-order valence-corrected chi connectivity index (χ1v) is 14.8. The van der Waals surface area contributed by atoms with Crippen molar-refractivity contribution in [1.82, 2.24) is 10.2 Å². The minimum Gasteiger partial charge on any atom is -0.473 e. The van der Waals surface area contributed by atoms with E-state index in [0.717, 1.165) is 26.2 Å². The fourth-order valence-electron chi connectivity index (χ4n) is 5.26. The summed E-state index contributed by atoms with van der Waals surface area (Å²) in [6.45, 7) is 11.3. The summed E-state index contributed by atoms with van der Waals surface area (Å²) in [7, 11) is 0. The molecule has 0 amide bonds. The first-order valence-electron chi connectivity index (χ1n) is 14.8. The Balaban J connectivity index is 0.000000913. The number of nitrogens with one attached hydrogen (secondary N) is 1. The van der Waals surface area contributed by atoms with Gasteiger partial charge in [-0.05, 0) is 44.9 Å². The molecule has 2 aliphatic rings. The fraction of sp³-hybridized carbons (Fsp3) is 0.375. The number of benzene rings is 2. The number of para-hydroxylation sites is 1. The van der Waals surface area contributed by atoms with Gasteiger partial charge in [-0.25, -0.2) is 19.2 Å². The van der Waals surface area contributed by atoms with E-state index < -0.39 is 40.8 Å². The number of hydrogen-bond donors (Lipinski definition) is 4. The number of ether oxygens (including phenoxy) is 2. The molecule has 1 atom stereocenters. The molecule has 15 nitrogen and oxygen atoms in total. The number of hydrogen-bond acceptors (Lipinski definition) is 12. The van der Waals surface area contributed by atoms with E-state index in [9.17, 15) is 19.7 Å². The van der Waals surface area contributed by atoms with Crippen LogP contribution in [0.2, 0.25) is 0 Å². The van der Waals surface area contributed by atoms with Crippen molar-refractivity contribution in [3.8, 4) is 0 Å². The molecule has 0 aliphatic carbocycles. The molecule has 5 N–H and O–H groups in total. The molecule has 0 aromatic heterocycles. The van der Waals surface area contributed by atoms with Crippen LogP contribution in [0.3, 0.4) is 0 Å². The highest BCUT2D eigenvalue weighted by molar-refractivity contribution is 6.27. The minimum absolute atomic E-state index is 0.00377. The lowest BCUT2D eigenvalue weighted by molar-refractivity contribution is -0.384. The number of nitro groups is 1. The Morgan fingerprint density at radius 2 is 1.62 bits per heavy atom. The van der Waals surface area contributed by atoms with Crippen molar-refractivity contribution in [2.24, 2.45) is 5.73 Å². The second-order valence-electron chi connectivity index (χ2n) is 11.1. The lowest BCUT2D eigenvalue weighted by Gasteiger charge is -2.36. The van der Waals surface area contributed by atoms with Crippen molar-refractivity contribution >= 4 is 35.3 Å². The number of carbonyl (C=O) groups excluding carboxylic acids is 2. The summed E-state index contributed by atoms with van der Waals surface area (Å²) in [5.41, 5.74) is 9.45. The molecule has 0 radical (unpaired) electrons. The number of rotatable bonds is 9. The molecule has 2 heterocycles. The summed E-state index contributed by atoms with van der Waals surface area (Å²) in [5.74, 6) is -5.98. The largest absolute Gasteiger partial charge is 0.473 e. The van der Waals surface area contributed by atoms with Gasteiger partial charge in [-0.2, -0.15) is 0 Å². The van der Waals surface area contributed by atoms with Crippen LogP contribution in [0.1, 0.15) is 37.8 Å². The zero-order valence-corrected chi connectivity index (χ0v) is 26.6. The second kappa shape index (κ2) is 16.2. The van der Waals surface area contributed by atoms with E-state index in [1.165, 1.54) is 29.4 Å². The molecule has 252 valence electrons. The molecule has 15 heteroatoms. The minimum atomic E-state index is -1.82. The molecule has 2 aromatic carbocycles. The van der Waals surface area contributed by atoms with Gasteiger partial charge in [0.1, 0.15) is 12.4 Å². The molecule has 0 spiro atoms. The molecule has 2 aromatic rings. The van der Waals surface area contributed by atoms with Gasteiger partial charge < -0.3 is 35.6 Å². The number of nitro benzene ring substituents is 1. The van der Waals surface area contributed by atoms with Crippen molar-refractivity contribution in [2.45, 2.75) is 39.7 Å². The van der Waals surface area contributed by atoms with Gasteiger partial charge in [-0.3, -0.25) is 15.0 Å². The Morgan fingerprint density at radius 1 is 0.979 bits per heavy atom. The SMILES string of the molecule is CC1=C(C(=O)OCCN2CCN(c3ccccc3C)CC2)C(c2cccc([N+](=O)[O-])c2)C(C(=O)OC(C)C)=C(N)N1.O=C(O)C(=O)O. The molecule has 1 fully saturated rings. The Bertz CT molecular complexity index is 1570. The average Bonchev–Trinajstić information content (AvgIpc) is 3.01. The van der Waals surface area contributed by atoms with Gasteiger partial charge in [0.05, 0.1) is 28.1 Å². The predicted octanol–water partition coefficient (Wildman–Crippen LogP) is 2.51. The van der Waals surface area contributed by atoms with Crippen molar-refractivity contribution in [1.29, 1.82) is 0 Å². The van der Waals surface area contributed by atoms with Gasteiger partial charge in [0.25, 0.3) is 5.69 Å². The third-order valence-electron chi connectivity index (χ3n) is 7.44. The van der Waals surface area contributed by atoms with E-state index in [0.29, 0.717) is 17.8 Å². The van der Waals surface area contributed by atoms with E-state index in [2.05, 4.69) is 34.2 Å². The average molecular weight is 654 g/mol. The zero-order chi connectivity index (χ0) is 34.8. The highest BCUT2D eigenvalue weighted by Crippen LogP contribution is 2.39. The van der Waals surface area contributed by atoms with Crippen LogP contribution in [0.5, 0.6) is 0 Å². The number of allylic oxidation sites excluding steroid dienone is 1. The number of nitrogens with zero attached hydrogens (tertiary/aromatic N) is 3. The maximum absolute atomic E-state index is 13.5. The summed E-state index contributed by atoms with van der Waals surface area (Å²) < 4.78 is 11.1. The van der Waals surface area contributed by atoms with Crippen LogP contribution < -0.4 is 16.0 Å². The number of nitrogens with two attached hydrogens (primary N) is 1. The van der Waals surface area contributed by atoms with Crippen LogP contribution in [-0.2, 0) is 28.7 Å². The van der Waals surface area contributed by atoms with Crippen LogP contribution in [0.4, 0.5) is 11.4 Å². The Kier molecular flexibility index (Phi) is 12.4. The monoisotopic (exact) mass is 653 g/mol. The quantitative estimate of drug-likeness (QED) is 0.132. The van der Waals surface area contributed by atoms with E-state index in [1.807, 2.05) is 12.1 Å². The number of non-ortho nitro benzene ring substituents is 1. The van der Waals surface area contributed by atoms with Crippen LogP contribution in [0.15, 0.2) is 71.2 Å². The topological polar surface area (TPSA) is 215 Å². The number of carbonyl (C=O) groups is 4. The Morgan fingerprint density at radius 3 is 2.19 bits per heavy atom. The van der Waals surface area contributed by atoms with E-state index in [1.54, 1.807) is 26.8 Å². The maximum Gasteiger partial charge on any atom is 0.414 e. The smallest absolute Gasteiger partial charge is 0.414 e. The molecule has 4 rings (SSSR count). The lowest BCUT2D eigenvalue weighted by Crippen LogP contribution is -2.47. The van der Waals surface area contributed by atoms with Crippen molar-refractivity contribution in [2.75, 3.05) is 44.2 Å². The number of aryl methyl sites for hydroxylation is 1. The molecule has 2 aliphatic heterocycles. The van der Waals surface area contributed by atoms with Gasteiger partial charge >= 0.3 is 23.9 Å². The van der Waals surface area contributed by atoms with Crippen LogP contribution in [0, 0.1) is 17.0 Å². The molecule has 0 bridgehead atoms. The molecule has 47 heavy (non-hydrogen) atoms. The standard InChI is InChI=1S/C30H37N5O6.C2H2O4/c1-19(2)41-30(37)27-26(22-9-7-10-23(18-22)35(38)39)25(21(4)32-28(27)31)29(36)40-17-16-33-12-14-34(15-13-33)24-11-6-5-8-20(24)3;3-1(4)2(5)6/h5-11,18-19,26,32H,12-17,31H2,1-4H3;(H,3,4)(H,5,6). The number of esters is 2. The maximum atomic E-state index is 13.5. The van der Waals surface area contributed by atoms with Crippen molar-refractivity contribution in [3.05, 3.63) is 92.4 Å². The molecule has 1 unspecified atom stereocenters. The number of anilines is 1. The van der Waals surface area contributed by atoms with Gasteiger partial charge in [0, 0.05) is 56.2 Å². The van der Waals surface area contributed by atoms with Crippen LogP contribution >= 0.6 is 0 Å². The fourth-order valence-corrected chi connectivity index (χ4v) is 5.26. The highest BCUT2D eigenvalue weighted by Gasteiger charge is 2.39. The summed E-state index contributed by atoms with van der Waals surface area (Å²) in [6, 6.07) is 14.1. The highest BCUT2D eigenvalue weighted by atomic mass is 16.6. The molecular weight excluding hydrogens is 614 g/mol. The summed E-state index contributed by atoms with van der Waals surface area (Å²) in [6.07, 6.45) is -0.442. The number of aliphatic carboxylic acids is 2. The number of carboxylic acids is 2. The van der Waals surface area contributed by atoms with E-state index in [4.69, 9.17) is 35.0 Å². The lowest BCUT2D eigenvalue weighted by atomic mass is 9.81. The Hall–Kier alpha value is -5.44. The molecule has 1 saturated heterocycles. The van der Waals surface area contributed by atoms with E-state index in [-0.39, 0.29) is 29.3 Å². The number of carboxylic acid groups (broad SMARTS) is 2. The third kappa shape index (κ3) is 9.53. The molecular formula is C32H39N5O10. The van der Waals surface area contributed by atoms with E-state index >= 15 is 0 Å². The zero-order valence-electron chi connectivity index (χ0n) is 26.6. The normalized spacial score (nSPS) is 16.5. The van der Waals surface area contributed by atoms with Gasteiger partial charge in [-0.1, -0.05) is 30.3 Å². The van der Waals surface area contributed by atoms with Crippen LogP contribution in [-0.4, -0.2) is 89.3 Å². The van der Waals surface area contributed by atoms with Gasteiger partial charge in [-0.15, -0.1) is 0 Å². The van der Waals surface area contributed by atoms with Crippen molar-refractivity contribution < 1.29 is 43.8 Å². The summed E-state index contributed by atoms with van der Waals surface area (Å²) >= 11 is 0. The van der Waals surface area contributed by atoms with Crippen molar-refractivity contribution in [3.63, 3.8) is 0 Å². The first kappa shape index (κ1) is 36.0. The first-order chi connectivity index (χ1) is 22.2. The summed E-state index contributed by atoms with van der Waals surface area (Å²) in [5, 5.41) is 29.2. The molecule has 0 saturated carbocycles. The predicted molar refractivity (Wildman–Crippen MR) is 170 cm³/mol. The third-order valence-corrected chi connectivity index (χ3v) is 7.44. The number of dihydropyridines is 1. The summed E-state index contributed by atoms with van der Waals surface area (Å²) in [4.78, 5) is 60.4. The van der Waals surface area contributed by atoms with Gasteiger partial charge in [0.2, 0.25) is 0 Å². The number of piperazine rings is 1. The van der Waals surface area contributed by atoms with Crippen LogP contribution in [0.25, 0.3) is 0 Å². The second-order valence-corrected chi connectivity index (χ2v) is 11.1. The Labute approximate surface area is 271 Å². The van der Waals surface area contributed by atoms with Gasteiger partial charge in [0.15, 0.2) is 0 Å².